The molecule has 4 heteroatoms. The standard InChI is InChI=1S/C12H15N3O/c1-8-10(6-14-7-12(13)16)9-4-2-3-5-11(9)15-8/h2-5,14-15H,6-7H2,1H3,(H2,13,16). The van der Waals surface area contributed by atoms with Gasteiger partial charge in [0, 0.05) is 23.1 Å². The van der Waals surface area contributed by atoms with Gasteiger partial charge in [-0.2, -0.15) is 0 Å². The normalized spacial score (nSPS) is 10.8. The van der Waals surface area contributed by atoms with Crippen LogP contribution in [0.15, 0.2) is 24.3 Å². The van der Waals surface area contributed by atoms with Gasteiger partial charge in [0.25, 0.3) is 0 Å². The van der Waals surface area contributed by atoms with Crippen molar-refractivity contribution in [1.29, 1.82) is 0 Å². The molecule has 16 heavy (non-hydrogen) atoms. The molecule has 1 heterocycles. The highest BCUT2D eigenvalue weighted by Gasteiger charge is 2.07. The Kier molecular flexibility index (Phi) is 2.92. The zero-order valence-electron chi connectivity index (χ0n) is 9.21. The third-order valence-corrected chi connectivity index (χ3v) is 2.63. The third kappa shape index (κ3) is 2.06. The quantitative estimate of drug-likeness (QED) is 0.716. The summed E-state index contributed by atoms with van der Waals surface area (Å²) in [5, 5.41) is 4.22. The number of fused-ring (bicyclic) bond motifs is 1. The van der Waals surface area contributed by atoms with Crippen LogP contribution in [0.5, 0.6) is 0 Å². The van der Waals surface area contributed by atoms with E-state index >= 15 is 0 Å². The first-order valence-corrected chi connectivity index (χ1v) is 5.23. The van der Waals surface area contributed by atoms with E-state index in [1.165, 1.54) is 10.9 Å². The molecule has 0 atom stereocenters. The molecule has 1 aromatic carbocycles. The summed E-state index contributed by atoms with van der Waals surface area (Å²) in [5.41, 5.74) is 8.51. The zero-order chi connectivity index (χ0) is 11.5. The highest BCUT2D eigenvalue weighted by molar-refractivity contribution is 5.84. The second-order valence-electron chi connectivity index (χ2n) is 3.84. The predicted molar refractivity (Wildman–Crippen MR) is 63.9 cm³/mol. The number of nitrogens with one attached hydrogen (secondary N) is 2. The second-order valence-corrected chi connectivity index (χ2v) is 3.84. The number of para-hydroxylation sites is 1. The Labute approximate surface area is 93.8 Å². The number of primary amides is 1. The van der Waals surface area contributed by atoms with E-state index in [-0.39, 0.29) is 12.5 Å². The van der Waals surface area contributed by atoms with Crippen molar-refractivity contribution in [1.82, 2.24) is 10.3 Å². The van der Waals surface area contributed by atoms with Gasteiger partial charge in [-0.1, -0.05) is 18.2 Å². The van der Waals surface area contributed by atoms with E-state index < -0.39 is 0 Å². The zero-order valence-corrected chi connectivity index (χ0v) is 9.21. The van der Waals surface area contributed by atoms with Crippen LogP contribution in [0.2, 0.25) is 0 Å². The monoisotopic (exact) mass is 217 g/mol. The smallest absolute Gasteiger partial charge is 0.231 e. The van der Waals surface area contributed by atoms with Crippen molar-refractivity contribution in [3.8, 4) is 0 Å². The molecule has 0 bridgehead atoms. The minimum atomic E-state index is -0.336. The highest BCUT2D eigenvalue weighted by Crippen LogP contribution is 2.21. The van der Waals surface area contributed by atoms with Gasteiger partial charge >= 0.3 is 0 Å². The lowest BCUT2D eigenvalue weighted by molar-refractivity contribution is -0.117. The van der Waals surface area contributed by atoms with Crippen LogP contribution in [0, 0.1) is 6.92 Å². The van der Waals surface area contributed by atoms with E-state index in [0.29, 0.717) is 6.54 Å². The summed E-state index contributed by atoms with van der Waals surface area (Å²) >= 11 is 0. The van der Waals surface area contributed by atoms with Crippen LogP contribution in [-0.2, 0) is 11.3 Å². The Hall–Kier alpha value is -1.81. The van der Waals surface area contributed by atoms with Crippen LogP contribution >= 0.6 is 0 Å². The summed E-state index contributed by atoms with van der Waals surface area (Å²) in [6.45, 7) is 2.89. The van der Waals surface area contributed by atoms with Gasteiger partial charge in [0.05, 0.1) is 6.54 Å². The lowest BCUT2D eigenvalue weighted by atomic mass is 10.1. The largest absolute Gasteiger partial charge is 0.369 e. The van der Waals surface area contributed by atoms with Gasteiger partial charge < -0.3 is 16.0 Å². The lowest BCUT2D eigenvalue weighted by Gasteiger charge is -2.02. The second kappa shape index (κ2) is 4.37. The van der Waals surface area contributed by atoms with Gasteiger partial charge in [0.15, 0.2) is 0 Å². The third-order valence-electron chi connectivity index (χ3n) is 2.63. The molecule has 84 valence electrons. The van der Waals surface area contributed by atoms with Crippen LogP contribution in [0.25, 0.3) is 10.9 Å². The van der Waals surface area contributed by atoms with Crippen molar-refractivity contribution in [2.24, 2.45) is 5.73 Å². The molecular weight excluding hydrogens is 202 g/mol. The molecule has 0 unspecified atom stereocenters. The number of aromatic nitrogens is 1. The Bertz CT molecular complexity index is 516. The molecule has 4 N–H and O–H groups in total. The molecule has 0 aliphatic rings. The molecule has 1 aromatic heterocycles. The number of rotatable bonds is 4. The van der Waals surface area contributed by atoms with E-state index in [1.54, 1.807) is 0 Å². The van der Waals surface area contributed by atoms with Crippen molar-refractivity contribution >= 4 is 16.8 Å². The summed E-state index contributed by atoms with van der Waals surface area (Å²) in [6.07, 6.45) is 0. The van der Waals surface area contributed by atoms with Gasteiger partial charge in [0.1, 0.15) is 0 Å². The molecule has 2 rings (SSSR count). The minimum absolute atomic E-state index is 0.207. The molecule has 0 aliphatic heterocycles. The number of hydrogen-bond donors (Lipinski definition) is 3. The van der Waals surface area contributed by atoms with Gasteiger partial charge in [-0.15, -0.1) is 0 Å². The van der Waals surface area contributed by atoms with Crippen molar-refractivity contribution < 1.29 is 4.79 Å². The number of H-pyrrole nitrogens is 1. The minimum Gasteiger partial charge on any atom is -0.369 e. The van der Waals surface area contributed by atoms with E-state index in [0.717, 1.165) is 11.2 Å². The van der Waals surface area contributed by atoms with Crippen LogP contribution in [0.3, 0.4) is 0 Å². The predicted octanol–water partition coefficient (Wildman–Crippen LogP) is 1.05. The van der Waals surface area contributed by atoms with Crippen LogP contribution in [0.1, 0.15) is 11.3 Å². The number of hydrogen-bond acceptors (Lipinski definition) is 2. The van der Waals surface area contributed by atoms with Crippen LogP contribution in [-0.4, -0.2) is 17.4 Å². The molecule has 0 aliphatic carbocycles. The number of aryl methyl sites for hydroxylation is 1. The summed E-state index contributed by atoms with van der Waals surface area (Å²) < 4.78 is 0. The summed E-state index contributed by atoms with van der Waals surface area (Å²) in [4.78, 5) is 13.9. The molecule has 0 saturated heterocycles. The lowest BCUT2D eigenvalue weighted by Crippen LogP contribution is -2.28. The Morgan fingerprint density at radius 2 is 2.19 bits per heavy atom. The first-order chi connectivity index (χ1) is 7.68. The number of aromatic amines is 1. The SMILES string of the molecule is Cc1[nH]c2ccccc2c1CNCC(N)=O. The molecular formula is C12H15N3O. The fourth-order valence-electron chi connectivity index (χ4n) is 1.87. The van der Waals surface area contributed by atoms with Crippen molar-refractivity contribution in [3.63, 3.8) is 0 Å². The highest BCUT2D eigenvalue weighted by atomic mass is 16.1. The van der Waals surface area contributed by atoms with Gasteiger partial charge in [-0.3, -0.25) is 4.79 Å². The number of carbonyl (C=O) groups excluding carboxylic acids is 1. The maximum Gasteiger partial charge on any atom is 0.231 e. The summed E-state index contributed by atoms with van der Waals surface area (Å²) in [6, 6.07) is 8.12. The average Bonchev–Trinajstić information content (AvgIpc) is 2.55. The number of carbonyl (C=O) groups is 1. The van der Waals surface area contributed by atoms with Gasteiger partial charge in [0.2, 0.25) is 5.91 Å². The topological polar surface area (TPSA) is 70.9 Å². The molecule has 1 amide bonds. The van der Waals surface area contributed by atoms with Crippen molar-refractivity contribution in [2.45, 2.75) is 13.5 Å². The fourth-order valence-corrected chi connectivity index (χ4v) is 1.87. The Balaban J connectivity index is 2.22. The molecule has 0 spiro atoms. The van der Waals surface area contributed by atoms with E-state index in [2.05, 4.69) is 16.4 Å². The number of benzene rings is 1. The summed E-state index contributed by atoms with van der Waals surface area (Å²) in [5.74, 6) is -0.336. The molecule has 0 fully saturated rings. The molecule has 4 nitrogen and oxygen atoms in total. The average molecular weight is 217 g/mol. The maximum absolute atomic E-state index is 10.6. The first-order valence-electron chi connectivity index (χ1n) is 5.23. The summed E-state index contributed by atoms with van der Waals surface area (Å²) in [7, 11) is 0. The van der Waals surface area contributed by atoms with E-state index in [1.807, 2.05) is 25.1 Å². The Morgan fingerprint density at radius 1 is 1.44 bits per heavy atom. The first kappa shape index (κ1) is 10.7. The maximum atomic E-state index is 10.6. The van der Waals surface area contributed by atoms with Crippen molar-refractivity contribution in [3.05, 3.63) is 35.5 Å². The molecule has 2 aromatic rings. The van der Waals surface area contributed by atoms with E-state index in [4.69, 9.17) is 5.73 Å². The van der Waals surface area contributed by atoms with Crippen LogP contribution in [0.4, 0.5) is 0 Å². The van der Waals surface area contributed by atoms with E-state index in [9.17, 15) is 4.79 Å². The Morgan fingerprint density at radius 3 is 2.94 bits per heavy atom. The molecule has 0 saturated carbocycles. The van der Waals surface area contributed by atoms with Crippen LogP contribution < -0.4 is 11.1 Å². The number of amides is 1. The van der Waals surface area contributed by atoms with Gasteiger partial charge in [-0.05, 0) is 18.6 Å². The van der Waals surface area contributed by atoms with Crippen molar-refractivity contribution in [2.75, 3.05) is 6.54 Å². The van der Waals surface area contributed by atoms with Gasteiger partial charge in [-0.25, -0.2) is 0 Å². The fraction of sp³-hybridized carbons (Fsp3) is 0.250. The molecule has 0 radical (unpaired) electrons. The number of nitrogens with two attached hydrogens (primary N) is 1.